The van der Waals surface area contributed by atoms with Gasteiger partial charge in [-0.3, -0.25) is 9.36 Å². The Morgan fingerprint density at radius 2 is 1.79 bits per heavy atom. The van der Waals surface area contributed by atoms with Crippen LogP contribution in [0.4, 0.5) is 8.78 Å². The van der Waals surface area contributed by atoms with Crippen molar-refractivity contribution in [2.24, 2.45) is 0 Å². The number of halogens is 3. The average molecular weight is 493 g/mol. The largest absolute Gasteiger partial charge is 0.549 e. The summed E-state index contributed by atoms with van der Waals surface area (Å²) in [6.45, 7) is 7.81. The van der Waals surface area contributed by atoms with Crippen LogP contribution in [0.2, 0.25) is 30.7 Å². The number of carbonyl (C=O) groups is 2. The van der Waals surface area contributed by atoms with E-state index < -0.39 is 43.3 Å². The van der Waals surface area contributed by atoms with E-state index in [2.05, 4.69) is 19.6 Å². The SMILES string of the molecule is COc1c(F)cc2c(c1F)c(C(CC[Si](C)(C)C)C(=O)[O-])c(C)n2C(=O)c1ccc(Cl)cc1. The van der Waals surface area contributed by atoms with Gasteiger partial charge >= 0.3 is 0 Å². The van der Waals surface area contributed by atoms with Crippen molar-refractivity contribution in [3.63, 3.8) is 0 Å². The van der Waals surface area contributed by atoms with Gasteiger partial charge in [-0.1, -0.05) is 37.3 Å². The lowest BCUT2D eigenvalue weighted by atomic mass is 9.93. The van der Waals surface area contributed by atoms with E-state index in [1.165, 1.54) is 31.2 Å². The minimum atomic E-state index is -1.65. The zero-order valence-corrected chi connectivity index (χ0v) is 20.8. The Balaban J connectivity index is 2.35. The van der Waals surface area contributed by atoms with Gasteiger partial charge in [-0.15, -0.1) is 0 Å². The molecular formula is C24H25ClF2NO4Si-. The van der Waals surface area contributed by atoms with E-state index in [0.29, 0.717) is 11.1 Å². The van der Waals surface area contributed by atoms with E-state index in [1.54, 1.807) is 0 Å². The fraction of sp³-hybridized carbons (Fsp3) is 0.333. The van der Waals surface area contributed by atoms with Crippen LogP contribution in [0.1, 0.15) is 34.0 Å². The molecule has 1 unspecified atom stereocenters. The van der Waals surface area contributed by atoms with Gasteiger partial charge in [0.1, 0.15) is 0 Å². The minimum absolute atomic E-state index is 0.0718. The number of carbonyl (C=O) groups excluding carboxylic acids is 2. The lowest BCUT2D eigenvalue weighted by molar-refractivity contribution is -0.308. The van der Waals surface area contributed by atoms with Gasteiger partial charge in [-0.25, -0.2) is 8.78 Å². The quantitative estimate of drug-likeness (QED) is 0.428. The summed E-state index contributed by atoms with van der Waals surface area (Å²) in [6, 6.07) is 7.67. The predicted octanol–water partition coefficient (Wildman–Crippen LogP) is 5.14. The fourth-order valence-corrected chi connectivity index (χ4v) is 5.34. The van der Waals surface area contributed by atoms with E-state index in [1.807, 2.05) is 0 Å². The standard InChI is InChI=1S/C24H26ClF2NO4Si/c1-13-19(16(24(30)31)10-11-33(3,4)5)20-18(12-17(26)22(32-2)21(20)27)28(13)23(29)14-6-8-15(25)9-7-14/h6-9,12,16H,10-11H2,1-5H3,(H,30,31)/p-1. The Labute approximate surface area is 196 Å². The van der Waals surface area contributed by atoms with E-state index in [-0.39, 0.29) is 34.1 Å². The maximum atomic E-state index is 15.5. The summed E-state index contributed by atoms with van der Waals surface area (Å²) in [4.78, 5) is 25.6. The van der Waals surface area contributed by atoms with Crippen LogP contribution in [0.15, 0.2) is 30.3 Å². The molecule has 0 saturated carbocycles. The highest BCUT2D eigenvalue weighted by Gasteiger charge is 2.31. The number of fused-ring (bicyclic) bond motifs is 1. The maximum Gasteiger partial charge on any atom is 0.262 e. The zero-order chi connectivity index (χ0) is 24.7. The second-order valence-electron chi connectivity index (χ2n) is 9.22. The summed E-state index contributed by atoms with van der Waals surface area (Å²) in [5.74, 6) is -5.80. The van der Waals surface area contributed by atoms with Crippen LogP contribution < -0.4 is 9.84 Å². The molecule has 0 amide bonds. The number of rotatable bonds is 7. The first-order valence-corrected chi connectivity index (χ1v) is 14.5. The van der Waals surface area contributed by atoms with Crippen molar-refractivity contribution < 1.29 is 28.2 Å². The molecule has 5 nitrogen and oxygen atoms in total. The molecule has 0 aliphatic rings. The van der Waals surface area contributed by atoms with Crippen molar-refractivity contribution >= 4 is 42.5 Å². The molecule has 0 fully saturated rings. The number of carboxylic acids is 1. The van der Waals surface area contributed by atoms with Crippen LogP contribution in [0.5, 0.6) is 5.75 Å². The second-order valence-corrected chi connectivity index (χ2v) is 15.3. The molecule has 9 heteroatoms. The van der Waals surface area contributed by atoms with Crippen LogP contribution in [-0.2, 0) is 4.79 Å². The van der Waals surface area contributed by atoms with Crippen molar-refractivity contribution in [3.8, 4) is 5.75 Å². The van der Waals surface area contributed by atoms with Crippen molar-refractivity contribution in [1.29, 1.82) is 0 Å². The molecule has 33 heavy (non-hydrogen) atoms. The second kappa shape index (κ2) is 9.27. The molecule has 1 aromatic heterocycles. The molecule has 176 valence electrons. The molecule has 3 aromatic rings. The highest BCUT2D eigenvalue weighted by atomic mass is 35.5. The van der Waals surface area contributed by atoms with Gasteiger partial charge in [0.2, 0.25) is 0 Å². The highest BCUT2D eigenvalue weighted by Crippen LogP contribution is 2.40. The highest BCUT2D eigenvalue weighted by molar-refractivity contribution is 6.76. The Hall–Kier alpha value is -2.71. The normalized spacial score (nSPS) is 12.7. The number of benzene rings is 2. The van der Waals surface area contributed by atoms with Crippen molar-refractivity contribution in [1.82, 2.24) is 4.57 Å². The third kappa shape index (κ3) is 4.82. The van der Waals surface area contributed by atoms with Crippen LogP contribution in [0.25, 0.3) is 10.9 Å². The summed E-state index contributed by atoms with van der Waals surface area (Å²) in [5.41, 5.74) is 0.467. The smallest absolute Gasteiger partial charge is 0.262 e. The molecule has 0 bridgehead atoms. The van der Waals surface area contributed by atoms with Crippen LogP contribution in [0.3, 0.4) is 0 Å². The Kier molecular flexibility index (Phi) is 7.00. The lowest BCUT2D eigenvalue weighted by Gasteiger charge is -2.23. The molecule has 0 spiro atoms. The number of ether oxygens (including phenoxy) is 1. The van der Waals surface area contributed by atoms with Gasteiger partial charge in [0, 0.05) is 47.7 Å². The number of aromatic nitrogens is 1. The molecule has 1 atom stereocenters. The van der Waals surface area contributed by atoms with Gasteiger partial charge in [0.15, 0.2) is 17.4 Å². The molecule has 3 rings (SSSR count). The summed E-state index contributed by atoms with van der Waals surface area (Å²) in [6.07, 6.45) is 0.215. The first-order chi connectivity index (χ1) is 15.4. The van der Waals surface area contributed by atoms with Crippen LogP contribution in [-0.4, -0.2) is 31.6 Å². The van der Waals surface area contributed by atoms with E-state index in [4.69, 9.17) is 16.3 Å². The van der Waals surface area contributed by atoms with Crippen molar-refractivity contribution in [3.05, 3.63) is 63.8 Å². The van der Waals surface area contributed by atoms with Gasteiger partial charge in [-0.05, 0) is 43.2 Å². The number of nitrogens with zero attached hydrogens (tertiary/aromatic N) is 1. The zero-order valence-electron chi connectivity index (χ0n) is 19.1. The summed E-state index contributed by atoms with van der Waals surface area (Å²) < 4.78 is 36.2. The summed E-state index contributed by atoms with van der Waals surface area (Å²) in [7, 11) is -0.531. The first kappa shape index (κ1) is 24.9. The number of hydrogen-bond acceptors (Lipinski definition) is 4. The molecular weight excluding hydrogens is 468 g/mol. The Bertz CT molecular complexity index is 1230. The fourth-order valence-electron chi connectivity index (χ4n) is 4.06. The van der Waals surface area contributed by atoms with Crippen LogP contribution >= 0.6 is 11.6 Å². The van der Waals surface area contributed by atoms with Gasteiger partial charge in [-0.2, -0.15) is 0 Å². The maximum absolute atomic E-state index is 15.5. The van der Waals surface area contributed by atoms with Gasteiger partial charge < -0.3 is 14.6 Å². The Morgan fingerprint density at radius 1 is 1.18 bits per heavy atom. The molecule has 1 heterocycles. The van der Waals surface area contributed by atoms with Crippen LogP contribution in [0, 0.1) is 18.6 Å². The molecule has 0 saturated heterocycles. The minimum Gasteiger partial charge on any atom is -0.549 e. The third-order valence-electron chi connectivity index (χ3n) is 5.71. The van der Waals surface area contributed by atoms with Gasteiger partial charge in [0.25, 0.3) is 5.91 Å². The van der Waals surface area contributed by atoms with Gasteiger partial charge in [0.05, 0.1) is 12.6 Å². The number of aliphatic carboxylic acids is 1. The van der Waals surface area contributed by atoms with E-state index >= 15 is 4.39 Å². The first-order valence-electron chi connectivity index (χ1n) is 10.5. The molecule has 0 N–H and O–H groups in total. The number of methoxy groups -OCH3 is 1. The number of carboxylic acid groups (broad SMARTS) is 1. The molecule has 2 aromatic carbocycles. The van der Waals surface area contributed by atoms with Crippen molar-refractivity contribution in [2.45, 2.75) is 44.9 Å². The third-order valence-corrected chi connectivity index (χ3v) is 7.75. The van der Waals surface area contributed by atoms with E-state index in [9.17, 15) is 19.1 Å². The molecule has 0 aliphatic heterocycles. The molecule has 0 aliphatic carbocycles. The number of hydrogen-bond donors (Lipinski definition) is 0. The topological polar surface area (TPSA) is 71.4 Å². The predicted molar refractivity (Wildman–Crippen MR) is 125 cm³/mol. The average Bonchev–Trinajstić information content (AvgIpc) is 2.99. The van der Waals surface area contributed by atoms with Crippen molar-refractivity contribution in [2.75, 3.05) is 7.11 Å². The summed E-state index contributed by atoms with van der Waals surface area (Å²) in [5, 5.41) is 12.5. The molecule has 0 radical (unpaired) electrons. The van der Waals surface area contributed by atoms with E-state index in [0.717, 1.165) is 17.7 Å². The summed E-state index contributed by atoms with van der Waals surface area (Å²) >= 11 is 5.92. The monoisotopic (exact) mass is 492 g/mol. The lowest BCUT2D eigenvalue weighted by Crippen LogP contribution is -2.32. The Morgan fingerprint density at radius 3 is 2.30 bits per heavy atom.